The van der Waals surface area contributed by atoms with Gasteiger partial charge in [0.1, 0.15) is 11.6 Å². The summed E-state index contributed by atoms with van der Waals surface area (Å²) < 4.78 is 32.9. The van der Waals surface area contributed by atoms with E-state index in [0.717, 1.165) is 30.0 Å². The van der Waals surface area contributed by atoms with Crippen LogP contribution in [0.1, 0.15) is 46.5 Å². The number of benzene rings is 2. The minimum absolute atomic E-state index is 0.0627. The zero-order valence-electron chi connectivity index (χ0n) is 21.6. The zero-order valence-corrected chi connectivity index (χ0v) is 22.4. The number of fused-ring (bicyclic) bond motifs is 1. The van der Waals surface area contributed by atoms with Crippen LogP contribution in [0.4, 0.5) is 4.79 Å². The number of alkyl carbamates (subject to hydrolysis) is 1. The summed E-state index contributed by atoms with van der Waals surface area (Å²) in [6, 6.07) is 11.3. The van der Waals surface area contributed by atoms with Crippen LogP contribution in [-0.4, -0.2) is 69.0 Å². The molecule has 3 amide bonds. The molecule has 1 aliphatic heterocycles. The molecule has 1 aliphatic rings. The molecule has 0 radical (unpaired) electrons. The number of sulfonamides is 1. The fraction of sp³-hybridized carbons (Fsp3) is 0.500. The summed E-state index contributed by atoms with van der Waals surface area (Å²) in [5, 5.41) is 6.92. The smallest absolute Gasteiger partial charge is 0.408 e. The Kier molecular flexibility index (Phi) is 9.50. The molecule has 0 aliphatic carbocycles. The van der Waals surface area contributed by atoms with E-state index in [1.807, 2.05) is 24.3 Å². The molecule has 2 aromatic carbocycles. The highest BCUT2D eigenvalue weighted by molar-refractivity contribution is 7.89. The minimum Gasteiger partial charge on any atom is -0.444 e. The monoisotopic (exact) mass is 532 g/mol. The number of carbonyl (C=O) groups is 3. The molecule has 0 spiro atoms. The van der Waals surface area contributed by atoms with Gasteiger partial charge < -0.3 is 20.3 Å². The van der Waals surface area contributed by atoms with Crippen molar-refractivity contribution in [3.05, 3.63) is 42.5 Å². The summed E-state index contributed by atoms with van der Waals surface area (Å²) >= 11 is 0. The lowest BCUT2D eigenvalue weighted by atomic mass is 10.1. The quantitative estimate of drug-likeness (QED) is 0.454. The van der Waals surface area contributed by atoms with Gasteiger partial charge in [0.25, 0.3) is 0 Å². The van der Waals surface area contributed by atoms with Crippen molar-refractivity contribution in [2.75, 3.05) is 26.2 Å². The van der Waals surface area contributed by atoms with Gasteiger partial charge in [-0.25, -0.2) is 17.9 Å². The Bertz CT molecular complexity index is 1220. The average molecular weight is 533 g/mol. The lowest BCUT2D eigenvalue weighted by molar-refractivity contribution is -0.134. The van der Waals surface area contributed by atoms with Gasteiger partial charge in [0.2, 0.25) is 21.8 Å². The molecule has 1 saturated heterocycles. The van der Waals surface area contributed by atoms with E-state index in [0.29, 0.717) is 13.1 Å². The van der Waals surface area contributed by atoms with Crippen LogP contribution in [0.3, 0.4) is 0 Å². The maximum atomic E-state index is 13.0. The zero-order chi connectivity index (χ0) is 27.1. The predicted octanol–water partition coefficient (Wildman–Crippen LogP) is 2.53. The minimum atomic E-state index is -3.89. The van der Waals surface area contributed by atoms with Crippen LogP contribution in [-0.2, 0) is 24.3 Å². The van der Waals surface area contributed by atoms with Crippen molar-refractivity contribution >= 4 is 38.7 Å². The number of carbonyl (C=O) groups excluding carboxylic acids is 3. The summed E-state index contributed by atoms with van der Waals surface area (Å²) in [6.45, 7) is 6.03. The Morgan fingerprint density at radius 3 is 2.35 bits per heavy atom. The van der Waals surface area contributed by atoms with Crippen LogP contribution >= 0.6 is 0 Å². The predicted molar refractivity (Wildman–Crippen MR) is 140 cm³/mol. The van der Waals surface area contributed by atoms with Crippen LogP contribution in [0.5, 0.6) is 0 Å². The molecule has 3 rings (SSSR count). The second-order valence-electron chi connectivity index (χ2n) is 10.1. The first-order valence-corrected chi connectivity index (χ1v) is 14.0. The van der Waals surface area contributed by atoms with Gasteiger partial charge in [0, 0.05) is 19.6 Å². The second-order valence-corrected chi connectivity index (χ2v) is 11.8. The summed E-state index contributed by atoms with van der Waals surface area (Å²) in [4.78, 5) is 39.5. The highest BCUT2D eigenvalue weighted by atomic mass is 32.2. The number of ether oxygens (including phenoxy) is 1. The Labute approximate surface area is 218 Å². The molecule has 10 nitrogen and oxygen atoms in total. The SMILES string of the molecule is CC(C)(C)OC(=O)NC(CCNC(=O)CNS(=O)(=O)c1ccc2ccccc2c1)C(=O)N1CCCCC1. The van der Waals surface area contributed by atoms with Crippen LogP contribution in [0.2, 0.25) is 0 Å². The molecule has 202 valence electrons. The van der Waals surface area contributed by atoms with Crippen molar-refractivity contribution in [1.29, 1.82) is 0 Å². The van der Waals surface area contributed by atoms with Gasteiger partial charge in [0.05, 0.1) is 11.4 Å². The number of hydrogen-bond acceptors (Lipinski definition) is 6. The van der Waals surface area contributed by atoms with E-state index in [2.05, 4.69) is 15.4 Å². The Morgan fingerprint density at radius 1 is 1.00 bits per heavy atom. The third-order valence-corrected chi connectivity index (χ3v) is 7.26. The number of hydrogen-bond donors (Lipinski definition) is 3. The summed E-state index contributed by atoms with van der Waals surface area (Å²) in [5.41, 5.74) is -0.723. The summed E-state index contributed by atoms with van der Waals surface area (Å²) in [7, 11) is -3.89. The second kappa shape index (κ2) is 12.4. The van der Waals surface area contributed by atoms with Crippen molar-refractivity contribution < 1.29 is 27.5 Å². The van der Waals surface area contributed by atoms with Crippen LogP contribution in [0.25, 0.3) is 10.8 Å². The summed E-state index contributed by atoms with van der Waals surface area (Å²) in [5.74, 6) is -0.775. The van der Waals surface area contributed by atoms with E-state index in [9.17, 15) is 22.8 Å². The first-order valence-electron chi connectivity index (χ1n) is 12.5. The van der Waals surface area contributed by atoms with Crippen LogP contribution in [0.15, 0.2) is 47.4 Å². The Morgan fingerprint density at radius 2 is 1.68 bits per heavy atom. The van der Waals surface area contributed by atoms with Gasteiger partial charge >= 0.3 is 6.09 Å². The van der Waals surface area contributed by atoms with E-state index in [1.54, 1.807) is 37.8 Å². The molecule has 11 heteroatoms. The summed E-state index contributed by atoms with van der Waals surface area (Å²) in [6.07, 6.45) is 2.28. The van der Waals surface area contributed by atoms with Crippen molar-refractivity contribution in [2.24, 2.45) is 0 Å². The third kappa shape index (κ3) is 8.71. The molecule has 0 bridgehead atoms. The van der Waals surface area contributed by atoms with Crippen molar-refractivity contribution in [3.8, 4) is 0 Å². The molecule has 1 fully saturated rings. The van der Waals surface area contributed by atoms with Gasteiger partial charge in [-0.3, -0.25) is 9.59 Å². The number of rotatable bonds is 9. The van der Waals surface area contributed by atoms with Gasteiger partial charge in [-0.15, -0.1) is 0 Å². The van der Waals surface area contributed by atoms with Crippen LogP contribution in [0, 0.1) is 0 Å². The molecule has 2 aromatic rings. The lowest BCUT2D eigenvalue weighted by Crippen LogP contribution is -2.52. The van der Waals surface area contributed by atoms with Gasteiger partial charge in [-0.2, -0.15) is 0 Å². The van der Waals surface area contributed by atoms with E-state index in [4.69, 9.17) is 4.74 Å². The molecular formula is C26H36N4O6S. The van der Waals surface area contributed by atoms with Gasteiger partial charge in [-0.1, -0.05) is 30.3 Å². The van der Waals surface area contributed by atoms with E-state index < -0.39 is 40.2 Å². The van der Waals surface area contributed by atoms with Crippen molar-refractivity contribution in [2.45, 2.75) is 63.0 Å². The van der Waals surface area contributed by atoms with Gasteiger partial charge in [-0.05, 0) is 69.4 Å². The maximum absolute atomic E-state index is 13.0. The number of amides is 3. The highest BCUT2D eigenvalue weighted by Gasteiger charge is 2.29. The number of likely N-dealkylation sites (tertiary alicyclic amines) is 1. The molecule has 0 saturated carbocycles. The number of nitrogens with one attached hydrogen (secondary N) is 3. The van der Waals surface area contributed by atoms with Crippen LogP contribution < -0.4 is 15.4 Å². The average Bonchev–Trinajstić information content (AvgIpc) is 2.85. The molecule has 1 heterocycles. The maximum Gasteiger partial charge on any atom is 0.408 e. The highest BCUT2D eigenvalue weighted by Crippen LogP contribution is 2.18. The first kappa shape index (κ1) is 28.4. The Balaban J connectivity index is 1.54. The fourth-order valence-electron chi connectivity index (χ4n) is 4.04. The first-order chi connectivity index (χ1) is 17.4. The molecule has 1 unspecified atom stereocenters. The molecule has 0 aromatic heterocycles. The molecular weight excluding hydrogens is 496 g/mol. The van der Waals surface area contributed by atoms with E-state index in [-0.39, 0.29) is 23.8 Å². The van der Waals surface area contributed by atoms with E-state index in [1.165, 1.54) is 6.07 Å². The molecule has 1 atom stereocenters. The van der Waals surface area contributed by atoms with Gasteiger partial charge in [0.15, 0.2) is 0 Å². The topological polar surface area (TPSA) is 134 Å². The molecule has 37 heavy (non-hydrogen) atoms. The molecule has 3 N–H and O–H groups in total. The standard InChI is InChI=1S/C26H36N4O6S/c1-26(2,3)36-25(33)29-22(24(32)30-15-7-4-8-16-30)13-14-27-23(31)18-28-37(34,35)21-12-11-19-9-5-6-10-20(19)17-21/h5-6,9-12,17,22,28H,4,7-8,13-16,18H2,1-3H3,(H,27,31)(H,29,33). The number of piperidine rings is 1. The van der Waals surface area contributed by atoms with E-state index >= 15 is 0 Å². The lowest BCUT2D eigenvalue weighted by Gasteiger charge is -2.31. The Hall–Kier alpha value is -3.18. The largest absolute Gasteiger partial charge is 0.444 e. The van der Waals surface area contributed by atoms with Crippen molar-refractivity contribution in [1.82, 2.24) is 20.3 Å². The third-order valence-electron chi connectivity index (χ3n) is 5.87. The number of nitrogens with zero attached hydrogens (tertiary/aromatic N) is 1. The normalized spacial score (nSPS) is 15.2. The fourth-order valence-corrected chi connectivity index (χ4v) is 5.06. The van der Waals surface area contributed by atoms with Crippen molar-refractivity contribution in [3.63, 3.8) is 0 Å².